The minimum atomic E-state index is 0.0464. The van der Waals surface area contributed by atoms with Gasteiger partial charge in [0.2, 0.25) is 0 Å². The first kappa shape index (κ1) is 11.4. The second-order valence-corrected chi connectivity index (χ2v) is 3.22. The lowest BCUT2D eigenvalue weighted by Gasteiger charge is -2.16. The van der Waals surface area contributed by atoms with Gasteiger partial charge in [-0.15, -0.1) is 0 Å². The van der Waals surface area contributed by atoms with Gasteiger partial charge in [-0.1, -0.05) is 20.8 Å². The monoisotopic (exact) mass is 168 g/mol. The number of hydrogen-bond donors (Lipinski definition) is 0. The zero-order chi connectivity index (χ0) is 9.61. The second-order valence-electron chi connectivity index (χ2n) is 3.22. The molecule has 0 amide bonds. The SMILES string of the molecule is CC.CCN(C)CC1(C#N)CC1. The molecular formula is C10H20N2. The molecule has 0 atom stereocenters. The molecule has 2 nitrogen and oxygen atoms in total. The van der Waals surface area contributed by atoms with Gasteiger partial charge in [0, 0.05) is 6.54 Å². The third-order valence-electron chi connectivity index (χ3n) is 2.20. The van der Waals surface area contributed by atoms with Crippen LogP contribution in [-0.4, -0.2) is 25.0 Å². The lowest BCUT2D eigenvalue weighted by atomic mass is 10.1. The van der Waals surface area contributed by atoms with Crippen molar-refractivity contribution in [3.05, 3.63) is 0 Å². The van der Waals surface area contributed by atoms with E-state index in [9.17, 15) is 0 Å². The molecule has 0 unspecified atom stereocenters. The van der Waals surface area contributed by atoms with Gasteiger partial charge in [-0.25, -0.2) is 0 Å². The van der Waals surface area contributed by atoms with Crippen LogP contribution in [0.5, 0.6) is 0 Å². The van der Waals surface area contributed by atoms with E-state index >= 15 is 0 Å². The molecule has 70 valence electrons. The smallest absolute Gasteiger partial charge is 0.0703 e. The first-order valence-electron chi connectivity index (χ1n) is 4.82. The van der Waals surface area contributed by atoms with Crippen LogP contribution in [0.4, 0.5) is 0 Å². The normalized spacial score (nSPS) is 17.7. The van der Waals surface area contributed by atoms with E-state index < -0.39 is 0 Å². The van der Waals surface area contributed by atoms with Crippen LogP contribution in [0.3, 0.4) is 0 Å². The first-order chi connectivity index (χ1) is 5.72. The highest BCUT2D eigenvalue weighted by Crippen LogP contribution is 2.45. The fraction of sp³-hybridized carbons (Fsp3) is 0.900. The summed E-state index contributed by atoms with van der Waals surface area (Å²) in [6.45, 7) is 8.12. The van der Waals surface area contributed by atoms with E-state index in [0.29, 0.717) is 0 Å². The molecule has 2 heteroatoms. The Morgan fingerprint density at radius 1 is 1.42 bits per heavy atom. The van der Waals surface area contributed by atoms with Gasteiger partial charge < -0.3 is 4.90 Å². The topological polar surface area (TPSA) is 27.0 Å². The molecule has 0 radical (unpaired) electrons. The van der Waals surface area contributed by atoms with Crippen LogP contribution in [0.25, 0.3) is 0 Å². The largest absolute Gasteiger partial charge is 0.305 e. The van der Waals surface area contributed by atoms with Gasteiger partial charge in [0.25, 0.3) is 0 Å². The summed E-state index contributed by atoms with van der Waals surface area (Å²) in [6, 6.07) is 2.38. The van der Waals surface area contributed by atoms with E-state index in [2.05, 4.69) is 24.9 Å². The second kappa shape index (κ2) is 5.16. The number of rotatable bonds is 3. The maximum absolute atomic E-state index is 8.72. The van der Waals surface area contributed by atoms with Crippen LogP contribution in [0.2, 0.25) is 0 Å². The van der Waals surface area contributed by atoms with Crippen molar-refractivity contribution in [2.45, 2.75) is 33.6 Å². The standard InChI is InChI=1S/C8H14N2.C2H6/c1-3-10(2)7-8(6-9)4-5-8;1-2/h3-5,7H2,1-2H3;1-2H3. The van der Waals surface area contributed by atoms with Crippen LogP contribution in [0.15, 0.2) is 0 Å². The molecule has 12 heavy (non-hydrogen) atoms. The Kier molecular flexibility index (Phi) is 4.92. The molecule has 0 aromatic heterocycles. The maximum atomic E-state index is 8.72. The Morgan fingerprint density at radius 2 is 1.92 bits per heavy atom. The molecule has 0 aliphatic heterocycles. The van der Waals surface area contributed by atoms with Crippen molar-refractivity contribution in [1.29, 1.82) is 5.26 Å². The summed E-state index contributed by atoms with van der Waals surface area (Å²) in [7, 11) is 2.07. The summed E-state index contributed by atoms with van der Waals surface area (Å²) in [5.41, 5.74) is 0.0464. The Bertz CT molecular complexity index is 154. The molecule has 1 saturated carbocycles. The van der Waals surface area contributed by atoms with Crippen molar-refractivity contribution in [3.8, 4) is 6.07 Å². The summed E-state index contributed by atoms with van der Waals surface area (Å²) in [5.74, 6) is 0. The van der Waals surface area contributed by atoms with Gasteiger partial charge in [0.15, 0.2) is 0 Å². The molecule has 0 saturated heterocycles. The van der Waals surface area contributed by atoms with Gasteiger partial charge >= 0.3 is 0 Å². The predicted molar refractivity (Wildman–Crippen MR) is 51.8 cm³/mol. The lowest BCUT2D eigenvalue weighted by molar-refractivity contribution is 0.309. The van der Waals surface area contributed by atoms with Crippen molar-refractivity contribution in [1.82, 2.24) is 4.90 Å². The summed E-state index contributed by atoms with van der Waals surface area (Å²) >= 11 is 0. The average Bonchev–Trinajstić information content (AvgIpc) is 2.89. The molecule has 0 aromatic rings. The highest BCUT2D eigenvalue weighted by atomic mass is 15.1. The number of nitrogens with zero attached hydrogens (tertiary/aromatic N) is 2. The quantitative estimate of drug-likeness (QED) is 0.646. The van der Waals surface area contributed by atoms with E-state index in [4.69, 9.17) is 5.26 Å². The fourth-order valence-corrected chi connectivity index (χ4v) is 1.08. The molecule has 0 N–H and O–H groups in total. The Morgan fingerprint density at radius 3 is 2.17 bits per heavy atom. The molecule has 1 rings (SSSR count). The Hall–Kier alpha value is -0.550. The molecule has 1 fully saturated rings. The maximum Gasteiger partial charge on any atom is 0.0703 e. The van der Waals surface area contributed by atoms with Crippen molar-refractivity contribution >= 4 is 0 Å². The minimum Gasteiger partial charge on any atom is -0.305 e. The average molecular weight is 168 g/mol. The van der Waals surface area contributed by atoms with Gasteiger partial charge in [-0.3, -0.25) is 0 Å². The van der Waals surface area contributed by atoms with E-state index in [1.54, 1.807) is 0 Å². The lowest BCUT2D eigenvalue weighted by Crippen LogP contribution is -2.25. The van der Waals surface area contributed by atoms with Crippen LogP contribution in [0.1, 0.15) is 33.6 Å². The first-order valence-corrected chi connectivity index (χ1v) is 4.82. The van der Waals surface area contributed by atoms with Gasteiger partial charge in [0.1, 0.15) is 0 Å². The van der Waals surface area contributed by atoms with Crippen molar-refractivity contribution < 1.29 is 0 Å². The molecule has 0 aromatic carbocycles. The van der Waals surface area contributed by atoms with Crippen LogP contribution >= 0.6 is 0 Å². The van der Waals surface area contributed by atoms with Gasteiger partial charge in [-0.05, 0) is 26.4 Å². The van der Waals surface area contributed by atoms with Gasteiger partial charge in [-0.2, -0.15) is 5.26 Å². The van der Waals surface area contributed by atoms with E-state index in [1.165, 1.54) is 0 Å². The highest BCUT2D eigenvalue weighted by molar-refractivity contribution is 5.10. The third-order valence-corrected chi connectivity index (χ3v) is 2.20. The highest BCUT2D eigenvalue weighted by Gasteiger charge is 2.43. The Labute approximate surface area is 76.2 Å². The molecule has 1 aliphatic carbocycles. The van der Waals surface area contributed by atoms with Crippen LogP contribution in [-0.2, 0) is 0 Å². The van der Waals surface area contributed by atoms with Crippen LogP contribution in [0, 0.1) is 16.7 Å². The van der Waals surface area contributed by atoms with E-state index in [1.807, 2.05) is 13.8 Å². The van der Waals surface area contributed by atoms with Crippen molar-refractivity contribution in [2.24, 2.45) is 5.41 Å². The Balaban J connectivity index is 0.000000561. The number of hydrogen-bond acceptors (Lipinski definition) is 2. The summed E-state index contributed by atoms with van der Waals surface area (Å²) in [4.78, 5) is 2.20. The fourth-order valence-electron chi connectivity index (χ4n) is 1.08. The predicted octanol–water partition coefficient (Wildman–Crippen LogP) is 2.27. The molecular weight excluding hydrogens is 148 g/mol. The molecule has 0 spiro atoms. The van der Waals surface area contributed by atoms with Crippen LogP contribution < -0.4 is 0 Å². The zero-order valence-electron chi connectivity index (χ0n) is 8.72. The van der Waals surface area contributed by atoms with E-state index in [0.717, 1.165) is 25.9 Å². The van der Waals surface area contributed by atoms with Crippen molar-refractivity contribution in [3.63, 3.8) is 0 Å². The van der Waals surface area contributed by atoms with Crippen molar-refractivity contribution in [2.75, 3.05) is 20.1 Å². The van der Waals surface area contributed by atoms with Gasteiger partial charge in [0.05, 0.1) is 11.5 Å². The molecule has 1 aliphatic rings. The molecule has 0 heterocycles. The zero-order valence-corrected chi connectivity index (χ0v) is 8.72. The minimum absolute atomic E-state index is 0.0464. The van der Waals surface area contributed by atoms with E-state index in [-0.39, 0.29) is 5.41 Å². The summed E-state index contributed by atoms with van der Waals surface area (Å²) in [6.07, 6.45) is 2.21. The summed E-state index contributed by atoms with van der Waals surface area (Å²) in [5, 5.41) is 8.72. The summed E-state index contributed by atoms with van der Waals surface area (Å²) < 4.78 is 0. The third kappa shape index (κ3) is 3.23. The molecule has 0 bridgehead atoms. The number of nitriles is 1.